The molecule has 1 aliphatic carbocycles. The van der Waals surface area contributed by atoms with Crippen LogP contribution in [0.5, 0.6) is 11.5 Å². The lowest BCUT2D eigenvalue weighted by Crippen LogP contribution is -2.40. The smallest absolute Gasteiger partial charge is 0.387 e. The van der Waals surface area contributed by atoms with E-state index in [9.17, 15) is 30.4 Å². The second-order valence-corrected chi connectivity index (χ2v) is 16.5. The van der Waals surface area contributed by atoms with Gasteiger partial charge in [0.05, 0.1) is 26.4 Å². The second-order valence-electron chi connectivity index (χ2n) is 10.6. The fourth-order valence-electron chi connectivity index (χ4n) is 4.65. The van der Waals surface area contributed by atoms with Gasteiger partial charge in [0.15, 0.2) is 26.7 Å². The molecule has 0 N–H and O–H groups in total. The molecule has 1 aliphatic heterocycles. The van der Waals surface area contributed by atoms with E-state index < -0.39 is 43.9 Å². The summed E-state index contributed by atoms with van der Waals surface area (Å²) in [6, 6.07) is 8.84. The molecular formula is C29H28Cl2F2N2O8S3. The molecule has 0 bridgehead atoms. The lowest BCUT2D eigenvalue weighted by molar-refractivity contribution is -0.150. The first kappa shape index (κ1) is 34.6. The SMILES string of the molecule is CS(=O)(=O)c1ccc(S(=O)(=O)N2CCSC2C(=O)O[C@@H](Cc2c(Cl)cncc2Cl)c2ccc(OC(F)F)c(OCC3CC3)c2)cc1. The van der Waals surface area contributed by atoms with Gasteiger partial charge < -0.3 is 14.2 Å². The fraction of sp³-hybridized carbons (Fsp3) is 0.379. The van der Waals surface area contributed by atoms with E-state index in [1.165, 1.54) is 54.9 Å². The number of aromatic nitrogens is 1. The Kier molecular flexibility index (Phi) is 10.7. The van der Waals surface area contributed by atoms with Crippen molar-refractivity contribution in [2.24, 2.45) is 5.92 Å². The zero-order valence-corrected chi connectivity index (χ0v) is 28.1. The average molecular weight is 738 g/mol. The van der Waals surface area contributed by atoms with Gasteiger partial charge in [0.25, 0.3) is 0 Å². The average Bonchev–Trinajstić information content (AvgIpc) is 3.69. The Morgan fingerprint density at radius 1 is 1.02 bits per heavy atom. The number of alkyl halides is 2. The van der Waals surface area contributed by atoms with Crippen molar-refractivity contribution in [1.29, 1.82) is 0 Å². The monoisotopic (exact) mass is 736 g/mol. The Labute approximate surface area is 279 Å². The van der Waals surface area contributed by atoms with E-state index >= 15 is 0 Å². The van der Waals surface area contributed by atoms with E-state index in [-0.39, 0.29) is 56.7 Å². The van der Waals surface area contributed by atoms with E-state index in [1.54, 1.807) is 0 Å². The summed E-state index contributed by atoms with van der Waals surface area (Å²) >= 11 is 13.8. The molecule has 0 radical (unpaired) electrons. The Balaban J connectivity index is 1.45. The van der Waals surface area contributed by atoms with Gasteiger partial charge in [-0.3, -0.25) is 4.98 Å². The van der Waals surface area contributed by atoms with Gasteiger partial charge in [-0.25, -0.2) is 21.6 Å². The van der Waals surface area contributed by atoms with E-state index in [1.807, 2.05) is 0 Å². The maximum atomic E-state index is 13.7. The number of sulfonamides is 1. The molecule has 1 aromatic heterocycles. The van der Waals surface area contributed by atoms with Crippen molar-refractivity contribution in [3.8, 4) is 11.5 Å². The van der Waals surface area contributed by atoms with Crippen LogP contribution in [0.25, 0.3) is 0 Å². The molecule has 0 amide bonds. The highest BCUT2D eigenvalue weighted by molar-refractivity contribution is 8.02. The molecule has 1 saturated carbocycles. The zero-order chi connectivity index (χ0) is 33.2. The molecule has 1 saturated heterocycles. The molecule has 2 heterocycles. The van der Waals surface area contributed by atoms with E-state index in [0.717, 1.165) is 35.2 Å². The largest absolute Gasteiger partial charge is 0.489 e. The van der Waals surface area contributed by atoms with Crippen LogP contribution in [0.1, 0.15) is 30.1 Å². The summed E-state index contributed by atoms with van der Waals surface area (Å²) in [6.45, 7) is -2.83. The number of ether oxygens (including phenoxy) is 3. The quantitative estimate of drug-likeness (QED) is 0.199. The van der Waals surface area contributed by atoms with Crippen molar-refractivity contribution in [3.05, 3.63) is 76.0 Å². The predicted octanol–water partition coefficient (Wildman–Crippen LogP) is 5.77. The number of rotatable bonds is 13. The van der Waals surface area contributed by atoms with Gasteiger partial charge in [-0.2, -0.15) is 13.1 Å². The molecule has 248 valence electrons. The summed E-state index contributed by atoms with van der Waals surface area (Å²) in [7, 11) is -7.80. The molecule has 5 rings (SSSR count). The first-order chi connectivity index (χ1) is 21.7. The maximum absolute atomic E-state index is 13.7. The minimum Gasteiger partial charge on any atom is -0.489 e. The number of thioether (sulfide) groups is 1. The zero-order valence-electron chi connectivity index (χ0n) is 24.1. The summed E-state index contributed by atoms with van der Waals surface area (Å²) in [5.74, 6) is -0.490. The third-order valence-corrected chi connectivity index (χ3v) is 12.2. The lowest BCUT2D eigenvalue weighted by atomic mass is 10.0. The van der Waals surface area contributed by atoms with Crippen molar-refractivity contribution < 1.29 is 44.6 Å². The van der Waals surface area contributed by atoms with E-state index in [0.29, 0.717) is 17.0 Å². The van der Waals surface area contributed by atoms with Crippen LogP contribution in [0.2, 0.25) is 10.0 Å². The van der Waals surface area contributed by atoms with Crippen molar-refractivity contribution in [2.75, 3.05) is 25.2 Å². The molecule has 46 heavy (non-hydrogen) atoms. The summed E-state index contributed by atoms with van der Waals surface area (Å²) in [6.07, 6.45) is 4.44. The number of nitrogens with zero attached hydrogens (tertiary/aromatic N) is 2. The number of halogens is 4. The van der Waals surface area contributed by atoms with Gasteiger partial charge in [0.1, 0.15) is 6.10 Å². The molecule has 2 aromatic carbocycles. The van der Waals surface area contributed by atoms with Crippen LogP contribution >= 0.6 is 35.0 Å². The van der Waals surface area contributed by atoms with Gasteiger partial charge >= 0.3 is 12.6 Å². The molecule has 10 nitrogen and oxygen atoms in total. The summed E-state index contributed by atoms with van der Waals surface area (Å²) < 4.78 is 94.5. The predicted molar refractivity (Wildman–Crippen MR) is 168 cm³/mol. The Morgan fingerprint density at radius 3 is 2.28 bits per heavy atom. The number of carbonyl (C=O) groups is 1. The lowest BCUT2D eigenvalue weighted by Gasteiger charge is -2.26. The first-order valence-corrected chi connectivity index (χ1v) is 19.0. The van der Waals surface area contributed by atoms with Gasteiger partial charge in [-0.1, -0.05) is 29.3 Å². The number of carbonyl (C=O) groups excluding carboxylic acids is 1. The van der Waals surface area contributed by atoms with Gasteiger partial charge in [0.2, 0.25) is 10.0 Å². The van der Waals surface area contributed by atoms with Crippen LogP contribution in [-0.2, 0) is 35.8 Å². The molecule has 3 aromatic rings. The number of hydrogen-bond acceptors (Lipinski definition) is 10. The van der Waals surface area contributed by atoms with Crippen LogP contribution in [0.4, 0.5) is 8.78 Å². The number of benzene rings is 2. The summed E-state index contributed by atoms with van der Waals surface area (Å²) in [4.78, 5) is 17.4. The van der Waals surface area contributed by atoms with Crippen molar-refractivity contribution in [1.82, 2.24) is 9.29 Å². The van der Waals surface area contributed by atoms with Crippen LogP contribution in [-0.4, -0.2) is 69.2 Å². The Bertz CT molecular complexity index is 1790. The van der Waals surface area contributed by atoms with E-state index in [2.05, 4.69) is 9.72 Å². The van der Waals surface area contributed by atoms with Gasteiger partial charge in [-0.15, -0.1) is 11.8 Å². The van der Waals surface area contributed by atoms with Crippen molar-refractivity contribution in [2.45, 2.75) is 47.1 Å². The first-order valence-electron chi connectivity index (χ1n) is 13.9. The molecule has 1 unspecified atom stereocenters. The maximum Gasteiger partial charge on any atom is 0.387 e. The Morgan fingerprint density at radius 2 is 1.67 bits per heavy atom. The second kappa shape index (κ2) is 14.2. The number of hydrogen-bond donors (Lipinski definition) is 0. The fourth-order valence-corrected chi connectivity index (χ4v) is 8.85. The normalized spacial score (nSPS) is 18.0. The molecule has 2 atom stereocenters. The molecule has 17 heteroatoms. The number of esters is 1. The highest BCUT2D eigenvalue weighted by Gasteiger charge is 2.42. The van der Waals surface area contributed by atoms with Gasteiger partial charge in [0, 0.05) is 37.4 Å². The third kappa shape index (κ3) is 8.23. The Hall–Kier alpha value is -2.69. The van der Waals surface area contributed by atoms with Crippen LogP contribution < -0.4 is 9.47 Å². The van der Waals surface area contributed by atoms with Crippen LogP contribution in [0.15, 0.2) is 64.6 Å². The third-order valence-electron chi connectivity index (χ3n) is 7.24. The van der Waals surface area contributed by atoms with E-state index in [4.69, 9.17) is 32.7 Å². The van der Waals surface area contributed by atoms with Crippen LogP contribution in [0.3, 0.4) is 0 Å². The molecule has 2 fully saturated rings. The van der Waals surface area contributed by atoms with Crippen LogP contribution in [0, 0.1) is 5.92 Å². The standard InChI is InChI=1S/C29H28Cl2F2N2O8S3/c1-45(37,38)19-5-7-20(8-6-19)46(39,40)35-10-11-44-27(35)28(36)42-25(13-21-22(30)14-34-15-23(21)31)18-4-9-24(43-29(32)33)26(12-18)41-16-17-2-3-17/h4-9,12,14-15,17,25,27,29H,2-3,10-11,13,16H2,1H3/t25-,27?/m0/s1. The number of sulfone groups is 1. The highest BCUT2D eigenvalue weighted by atomic mass is 35.5. The van der Waals surface area contributed by atoms with Crippen molar-refractivity contribution in [3.63, 3.8) is 0 Å². The molecule has 2 aliphatic rings. The minimum atomic E-state index is -4.24. The van der Waals surface area contributed by atoms with Gasteiger partial charge in [-0.05, 0) is 66.3 Å². The molecule has 0 spiro atoms. The van der Waals surface area contributed by atoms with Crippen molar-refractivity contribution >= 4 is 60.8 Å². The number of pyridine rings is 1. The minimum absolute atomic E-state index is 0.00785. The summed E-state index contributed by atoms with van der Waals surface area (Å²) in [5, 5.41) is -0.903. The molecular weight excluding hydrogens is 709 g/mol. The highest BCUT2D eigenvalue weighted by Crippen LogP contribution is 2.39. The summed E-state index contributed by atoms with van der Waals surface area (Å²) in [5.41, 5.74) is 0.720. The topological polar surface area (TPSA) is 129 Å².